The molecule has 0 N–H and O–H groups in total. The number of hydrogen-bond donors (Lipinski definition) is 0. The largest absolute Gasteiger partial charge is 0.465 e. The Morgan fingerprint density at radius 2 is 1.96 bits per heavy atom. The molecule has 2 aromatic heterocycles. The number of nitriles is 1. The molecule has 3 aromatic rings. The van der Waals surface area contributed by atoms with Gasteiger partial charge in [-0.05, 0) is 19.1 Å². The van der Waals surface area contributed by atoms with E-state index in [2.05, 4.69) is 16.0 Å². The molecule has 6 heteroatoms. The van der Waals surface area contributed by atoms with E-state index in [-0.39, 0.29) is 11.7 Å². The number of ether oxygens (including phenoxy) is 1. The predicted octanol–water partition coefficient (Wildman–Crippen LogP) is 4.34. The van der Waals surface area contributed by atoms with Crippen molar-refractivity contribution in [2.75, 3.05) is 12.4 Å². The molecule has 5 nitrogen and oxygen atoms in total. The molecule has 0 saturated heterocycles. The zero-order valence-corrected chi connectivity index (χ0v) is 15.6. The number of pyridine rings is 2. The predicted molar refractivity (Wildman–Crippen MR) is 105 cm³/mol. The summed E-state index contributed by atoms with van der Waals surface area (Å²) in [4.78, 5) is 20.6. The van der Waals surface area contributed by atoms with Crippen molar-refractivity contribution in [3.8, 4) is 28.5 Å². The highest BCUT2D eigenvalue weighted by molar-refractivity contribution is 7.99. The molecule has 0 aliphatic carbocycles. The first-order valence-corrected chi connectivity index (χ1v) is 9.41. The Kier molecular flexibility index (Phi) is 6.18. The fourth-order valence-corrected chi connectivity index (χ4v) is 3.37. The number of carbonyl (C=O) groups is 1. The van der Waals surface area contributed by atoms with Gasteiger partial charge in [0.15, 0.2) is 0 Å². The van der Waals surface area contributed by atoms with Gasteiger partial charge in [-0.2, -0.15) is 5.26 Å². The third-order valence-electron chi connectivity index (χ3n) is 3.77. The number of aromatic nitrogens is 2. The fraction of sp³-hybridized carbons (Fsp3) is 0.143. The topological polar surface area (TPSA) is 75.9 Å². The van der Waals surface area contributed by atoms with E-state index in [0.717, 1.165) is 22.4 Å². The summed E-state index contributed by atoms with van der Waals surface area (Å²) < 4.78 is 4.99. The van der Waals surface area contributed by atoms with Gasteiger partial charge in [-0.1, -0.05) is 48.2 Å². The first kappa shape index (κ1) is 18.6. The molecule has 0 radical (unpaired) electrons. The van der Waals surface area contributed by atoms with Crippen LogP contribution in [0.4, 0.5) is 0 Å². The maximum Gasteiger partial charge on any atom is 0.316 e. The lowest BCUT2D eigenvalue weighted by Gasteiger charge is -2.12. The third-order valence-corrected chi connectivity index (χ3v) is 4.72. The van der Waals surface area contributed by atoms with Crippen LogP contribution in [-0.2, 0) is 9.53 Å². The highest BCUT2D eigenvalue weighted by Crippen LogP contribution is 2.33. The van der Waals surface area contributed by atoms with E-state index in [1.165, 1.54) is 11.8 Å². The van der Waals surface area contributed by atoms with E-state index in [1.54, 1.807) is 19.3 Å². The quantitative estimate of drug-likeness (QED) is 0.471. The molecule has 0 unspecified atom stereocenters. The van der Waals surface area contributed by atoms with Crippen LogP contribution in [0.25, 0.3) is 22.4 Å². The minimum Gasteiger partial charge on any atom is -0.465 e. The van der Waals surface area contributed by atoms with Gasteiger partial charge in [-0.3, -0.25) is 9.78 Å². The van der Waals surface area contributed by atoms with E-state index in [0.29, 0.717) is 17.2 Å². The summed E-state index contributed by atoms with van der Waals surface area (Å²) in [5, 5.41) is 10.3. The molecule has 0 aliphatic heterocycles. The molecule has 1 aromatic carbocycles. The maximum atomic E-state index is 11.8. The van der Waals surface area contributed by atoms with Gasteiger partial charge >= 0.3 is 5.97 Å². The van der Waals surface area contributed by atoms with E-state index >= 15 is 0 Å². The highest BCUT2D eigenvalue weighted by Gasteiger charge is 2.17. The van der Waals surface area contributed by atoms with Crippen molar-refractivity contribution in [2.24, 2.45) is 0 Å². The van der Waals surface area contributed by atoms with Crippen LogP contribution in [0.5, 0.6) is 0 Å². The average molecular weight is 375 g/mol. The molecular weight excluding hydrogens is 358 g/mol. The van der Waals surface area contributed by atoms with Crippen molar-refractivity contribution in [3.63, 3.8) is 0 Å². The molecule has 0 fully saturated rings. The molecular formula is C21H17N3O2S. The van der Waals surface area contributed by atoms with E-state index < -0.39 is 0 Å². The lowest BCUT2D eigenvalue weighted by molar-refractivity contribution is -0.139. The minimum atomic E-state index is -0.332. The molecule has 0 saturated carbocycles. The standard InChI is InChI=1S/C21H17N3O2S/c1-2-26-20(25)14-27-21-18(12-22)17(16-9-6-10-23-13-16)11-19(24-21)15-7-4-3-5-8-15/h3-11,13H,2,14H2,1H3. The van der Waals surface area contributed by atoms with Crippen LogP contribution in [0.15, 0.2) is 66.0 Å². The lowest BCUT2D eigenvalue weighted by atomic mass is 10.0. The smallest absolute Gasteiger partial charge is 0.316 e. The Hall–Kier alpha value is -3.17. The van der Waals surface area contributed by atoms with Crippen LogP contribution in [0.3, 0.4) is 0 Å². The molecule has 0 atom stereocenters. The first-order chi connectivity index (χ1) is 13.2. The van der Waals surface area contributed by atoms with Crippen molar-refractivity contribution < 1.29 is 9.53 Å². The van der Waals surface area contributed by atoms with Gasteiger partial charge in [0, 0.05) is 29.1 Å². The lowest BCUT2D eigenvalue weighted by Crippen LogP contribution is -2.07. The molecule has 0 amide bonds. The maximum absolute atomic E-state index is 11.8. The second kappa shape index (κ2) is 8.97. The zero-order chi connectivity index (χ0) is 19.1. The number of nitrogens with zero attached hydrogens (tertiary/aromatic N) is 3. The SMILES string of the molecule is CCOC(=O)CSc1nc(-c2ccccc2)cc(-c2cccnc2)c1C#N. The van der Waals surface area contributed by atoms with Gasteiger partial charge < -0.3 is 4.74 Å². The van der Waals surface area contributed by atoms with Crippen LogP contribution in [-0.4, -0.2) is 28.3 Å². The number of carbonyl (C=O) groups excluding carboxylic acids is 1. The molecule has 0 aliphatic rings. The van der Waals surface area contributed by atoms with Gasteiger partial charge in [0.25, 0.3) is 0 Å². The first-order valence-electron chi connectivity index (χ1n) is 8.42. The van der Waals surface area contributed by atoms with E-state index in [9.17, 15) is 10.1 Å². The van der Waals surface area contributed by atoms with E-state index in [4.69, 9.17) is 4.74 Å². The number of thioether (sulfide) groups is 1. The monoisotopic (exact) mass is 375 g/mol. The number of esters is 1. The summed E-state index contributed by atoms with van der Waals surface area (Å²) in [6, 6.07) is 17.6. The van der Waals surface area contributed by atoms with Crippen LogP contribution in [0.1, 0.15) is 12.5 Å². The van der Waals surface area contributed by atoms with Crippen LogP contribution >= 0.6 is 11.8 Å². The average Bonchev–Trinajstić information content (AvgIpc) is 2.73. The van der Waals surface area contributed by atoms with Crippen molar-refractivity contribution in [3.05, 3.63) is 66.5 Å². The Bertz CT molecular complexity index is 970. The van der Waals surface area contributed by atoms with Gasteiger partial charge in [-0.25, -0.2) is 4.98 Å². The second-order valence-electron chi connectivity index (χ2n) is 5.55. The summed E-state index contributed by atoms with van der Waals surface area (Å²) in [6.45, 7) is 2.08. The van der Waals surface area contributed by atoms with Crippen molar-refractivity contribution in [2.45, 2.75) is 11.9 Å². The minimum absolute atomic E-state index is 0.0975. The summed E-state index contributed by atoms with van der Waals surface area (Å²) in [5.41, 5.74) is 3.67. The highest BCUT2D eigenvalue weighted by atomic mass is 32.2. The van der Waals surface area contributed by atoms with Crippen molar-refractivity contribution in [1.82, 2.24) is 9.97 Å². The molecule has 3 rings (SSSR count). The Labute approximate surface area is 162 Å². The third kappa shape index (κ3) is 4.52. The van der Waals surface area contributed by atoms with E-state index in [1.807, 2.05) is 48.5 Å². The molecule has 0 bridgehead atoms. The zero-order valence-electron chi connectivity index (χ0n) is 14.8. The number of hydrogen-bond acceptors (Lipinski definition) is 6. The molecule has 2 heterocycles. The summed E-state index contributed by atoms with van der Waals surface area (Å²) in [7, 11) is 0. The van der Waals surface area contributed by atoms with Crippen LogP contribution in [0, 0.1) is 11.3 Å². The number of benzene rings is 1. The summed E-state index contributed by atoms with van der Waals surface area (Å²) >= 11 is 1.21. The summed E-state index contributed by atoms with van der Waals surface area (Å²) in [6.07, 6.45) is 3.40. The fourth-order valence-electron chi connectivity index (χ4n) is 2.57. The summed E-state index contributed by atoms with van der Waals surface area (Å²) in [5.74, 6) is -0.235. The van der Waals surface area contributed by atoms with Gasteiger partial charge in [-0.15, -0.1) is 0 Å². The van der Waals surface area contributed by atoms with Gasteiger partial charge in [0.2, 0.25) is 0 Å². The molecule has 0 spiro atoms. The Morgan fingerprint density at radius 1 is 1.19 bits per heavy atom. The van der Waals surface area contributed by atoms with Crippen molar-refractivity contribution in [1.29, 1.82) is 5.26 Å². The normalized spacial score (nSPS) is 10.2. The Balaban J connectivity index is 2.10. The van der Waals surface area contributed by atoms with Gasteiger partial charge in [0.1, 0.15) is 11.1 Å². The second-order valence-corrected chi connectivity index (χ2v) is 6.51. The Morgan fingerprint density at radius 3 is 2.63 bits per heavy atom. The van der Waals surface area contributed by atoms with Crippen LogP contribution in [0.2, 0.25) is 0 Å². The number of rotatable bonds is 6. The van der Waals surface area contributed by atoms with Crippen molar-refractivity contribution >= 4 is 17.7 Å². The molecule has 134 valence electrons. The van der Waals surface area contributed by atoms with Crippen LogP contribution < -0.4 is 0 Å². The van der Waals surface area contributed by atoms with Gasteiger partial charge in [0.05, 0.1) is 23.6 Å². The molecule has 27 heavy (non-hydrogen) atoms.